The van der Waals surface area contributed by atoms with Gasteiger partial charge in [0.1, 0.15) is 18.3 Å². The van der Waals surface area contributed by atoms with Gasteiger partial charge in [-0.3, -0.25) is 19.8 Å². The monoisotopic (exact) mass is 321 g/mol. The van der Waals surface area contributed by atoms with Crippen molar-refractivity contribution in [3.05, 3.63) is 33.1 Å². The second-order valence-corrected chi connectivity index (χ2v) is 5.42. The number of aromatic amines is 1. The van der Waals surface area contributed by atoms with E-state index in [1.807, 2.05) is 4.98 Å². The first-order chi connectivity index (χ1) is 9.81. The minimum atomic E-state index is -2.16. The van der Waals surface area contributed by atoms with E-state index in [1.54, 1.807) is 0 Å². The van der Waals surface area contributed by atoms with Crippen LogP contribution in [0, 0.1) is 0 Å². The minimum absolute atomic E-state index is 0.591. The fraction of sp³-hybridized carbons (Fsp3) is 0.600. The Morgan fingerprint density at radius 1 is 1.48 bits per heavy atom. The standard InChI is InChI=1S/C10H16N3O7P/c1-4(20-21(11)18)8-6(15)7(16)9(19-8)13-3-2-5(14)12-10(13)17/h2-4,6-9,15-16,18H,11H2,1H3,(H,12,14,17)/t4?,6-,7+,8+,9+,21?/m0/s1. The molecule has 0 saturated carbocycles. The number of hydrogen-bond donors (Lipinski definition) is 5. The van der Waals surface area contributed by atoms with Gasteiger partial charge in [0.15, 0.2) is 6.23 Å². The zero-order valence-electron chi connectivity index (χ0n) is 11.0. The molecule has 11 heteroatoms. The van der Waals surface area contributed by atoms with Gasteiger partial charge in [-0.05, 0) is 6.92 Å². The molecule has 21 heavy (non-hydrogen) atoms. The van der Waals surface area contributed by atoms with E-state index in [4.69, 9.17) is 19.7 Å². The van der Waals surface area contributed by atoms with Gasteiger partial charge in [-0.25, -0.2) is 4.79 Å². The number of H-pyrrole nitrogens is 1. The van der Waals surface area contributed by atoms with Crippen molar-refractivity contribution in [2.24, 2.45) is 5.50 Å². The van der Waals surface area contributed by atoms with Crippen molar-refractivity contribution in [2.75, 3.05) is 0 Å². The normalized spacial score (nSPS) is 32.0. The highest BCUT2D eigenvalue weighted by atomic mass is 31.2. The fourth-order valence-electron chi connectivity index (χ4n) is 2.16. The summed E-state index contributed by atoms with van der Waals surface area (Å²) < 4.78 is 11.3. The van der Waals surface area contributed by atoms with Crippen molar-refractivity contribution in [3.8, 4) is 0 Å². The lowest BCUT2D eigenvalue weighted by atomic mass is 10.1. The molecule has 1 aromatic heterocycles. The van der Waals surface area contributed by atoms with Crippen LogP contribution in [0.2, 0.25) is 0 Å². The maximum atomic E-state index is 11.7. The zero-order valence-corrected chi connectivity index (χ0v) is 11.9. The van der Waals surface area contributed by atoms with E-state index in [9.17, 15) is 19.8 Å². The number of hydrogen-bond acceptors (Lipinski definition) is 8. The molecule has 6 N–H and O–H groups in total. The lowest BCUT2D eigenvalue weighted by molar-refractivity contribution is -0.0733. The van der Waals surface area contributed by atoms with Crippen LogP contribution in [0.3, 0.4) is 0 Å². The van der Waals surface area contributed by atoms with Crippen molar-refractivity contribution >= 4 is 8.53 Å². The van der Waals surface area contributed by atoms with E-state index in [1.165, 1.54) is 6.92 Å². The molecule has 0 aliphatic carbocycles. The van der Waals surface area contributed by atoms with Gasteiger partial charge >= 0.3 is 5.69 Å². The Kier molecular flexibility index (Phi) is 4.89. The quantitative estimate of drug-likeness (QED) is 0.388. The maximum absolute atomic E-state index is 11.7. The topological polar surface area (TPSA) is 160 Å². The first-order valence-corrected chi connectivity index (χ1v) is 7.33. The van der Waals surface area contributed by atoms with Crippen LogP contribution in [0.1, 0.15) is 13.2 Å². The smallest absolute Gasteiger partial charge is 0.330 e. The van der Waals surface area contributed by atoms with Crippen LogP contribution < -0.4 is 16.8 Å². The number of aliphatic hydroxyl groups excluding tert-OH is 2. The summed E-state index contributed by atoms with van der Waals surface area (Å²) in [6.45, 7) is 1.50. The first-order valence-electron chi connectivity index (χ1n) is 6.05. The molecular formula is C10H16N3O7P. The summed E-state index contributed by atoms with van der Waals surface area (Å²) in [7, 11) is -2.16. The summed E-state index contributed by atoms with van der Waals surface area (Å²) in [5.41, 5.74) is 3.76. The molecular weight excluding hydrogens is 305 g/mol. The molecule has 2 heterocycles. The van der Waals surface area contributed by atoms with Crippen LogP contribution >= 0.6 is 8.53 Å². The van der Waals surface area contributed by atoms with Crippen LogP contribution in [0.4, 0.5) is 0 Å². The molecule has 10 nitrogen and oxygen atoms in total. The van der Waals surface area contributed by atoms with E-state index >= 15 is 0 Å². The van der Waals surface area contributed by atoms with Gasteiger partial charge in [-0.15, -0.1) is 0 Å². The number of aliphatic hydroxyl groups is 2. The van der Waals surface area contributed by atoms with E-state index in [0.29, 0.717) is 0 Å². The van der Waals surface area contributed by atoms with Gasteiger partial charge in [0.2, 0.25) is 8.53 Å². The lowest BCUT2D eigenvalue weighted by Gasteiger charge is -2.22. The van der Waals surface area contributed by atoms with Crippen molar-refractivity contribution in [2.45, 2.75) is 37.6 Å². The van der Waals surface area contributed by atoms with Crippen LogP contribution in [-0.2, 0) is 9.26 Å². The number of aromatic nitrogens is 2. The van der Waals surface area contributed by atoms with Gasteiger partial charge in [-0.2, -0.15) is 0 Å². The largest absolute Gasteiger partial charge is 0.387 e. The Morgan fingerprint density at radius 2 is 2.14 bits per heavy atom. The summed E-state index contributed by atoms with van der Waals surface area (Å²) in [5, 5.41) is 19.9. The van der Waals surface area contributed by atoms with E-state index in [0.717, 1.165) is 16.8 Å². The van der Waals surface area contributed by atoms with Crippen LogP contribution in [-0.4, -0.2) is 49.1 Å². The third-order valence-corrected chi connectivity index (χ3v) is 3.69. The number of rotatable bonds is 4. The molecule has 1 aromatic rings. The highest BCUT2D eigenvalue weighted by molar-refractivity contribution is 7.43. The molecule has 118 valence electrons. The highest BCUT2D eigenvalue weighted by Gasteiger charge is 2.47. The Labute approximate surface area is 119 Å². The van der Waals surface area contributed by atoms with Gasteiger partial charge in [-0.1, -0.05) is 0 Å². The van der Waals surface area contributed by atoms with Crippen LogP contribution in [0.15, 0.2) is 21.9 Å². The molecule has 1 aliphatic rings. The van der Waals surface area contributed by atoms with E-state index in [2.05, 4.69) is 0 Å². The second-order valence-electron chi connectivity index (χ2n) is 4.60. The molecule has 6 atom stereocenters. The average molecular weight is 321 g/mol. The third kappa shape index (κ3) is 3.38. The molecule has 1 fully saturated rings. The summed E-state index contributed by atoms with van der Waals surface area (Å²) >= 11 is 0. The fourth-order valence-corrected chi connectivity index (χ4v) is 2.62. The molecule has 0 spiro atoms. The predicted molar refractivity (Wildman–Crippen MR) is 71.1 cm³/mol. The molecule has 0 bridgehead atoms. The lowest BCUT2D eigenvalue weighted by Crippen LogP contribution is -2.39. The Bertz CT molecular complexity index is 603. The van der Waals surface area contributed by atoms with Crippen LogP contribution in [0.5, 0.6) is 0 Å². The number of nitrogens with one attached hydrogen (secondary N) is 1. The Morgan fingerprint density at radius 3 is 2.71 bits per heavy atom. The molecule has 1 saturated heterocycles. The molecule has 0 radical (unpaired) electrons. The number of nitrogens with two attached hydrogens (primary N) is 1. The van der Waals surface area contributed by atoms with Crippen molar-refractivity contribution in [1.29, 1.82) is 0 Å². The highest BCUT2D eigenvalue weighted by Crippen LogP contribution is 2.34. The predicted octanol–water partition coefficient (Wildman–Crippen LogP) is -2.26. The Hall–Kier alpha value is -1.13. The number of ether oxygens (including phenoxy) is 1. The van der Waals surface area contributed by atoms with E-state index < -0.39 is 50.4 Å². The minimum Gasteiger partial charge on any atom is -0.387 e. The number of nitrogens with zero attached hydrogens (tertiary/aromatic N) is 1. The summed E-state index contributed by atoms with van der Waals surface area (Å²) in [6, 6.07) is 1.09. The van der Waals surface area contributed by atoms with Crippen molar-refractivity contribution in [1.82, 2.24) is 9.55 Å². The summed E-state index contributed by atoms with van der Waals surface area (Å²) in [5.74, 6) is 0. The van der Waals surface area contributed by atoms with Gasteiger partial charge in [0.25, 0.3) is 5.56 Å². The molecule has 1 aliphatic heterocycles. The van der Waals surface area contributed by atoms with Gasteiger partial charge < -0.3 is 24.4 Å². The molecule has 0 aromatic carbocycles. The van der Waals surface area contributed by atoms with Crippen LogP contribution in [0.25, 0.3) is 0 Å². The Balaban J connectivity index is 2.23. The van der Waals surface area contributed by atoms with Gasteiger partial charge in [0, 0.05) is 12.3 Å². The zero-order chi connectivity index (χ0) is 15.7. The molecule has 2 rings (SSSR count). The molecule has 2 unspecified atom stereocenters. The van der Waals surface area contributed by atoms with E-state index in [-0.39, 0.29) is 0 Å². The second kappa shape index (κ2) is 6.32. The van der Waals surface area contributed by atoms with Gasteiger partial charge in [0.05, 0.1) is 6.10 Å². The summed E-state index contributed by atoms with van der Waals surface area (Å²) in [6.07, 6.45) is -4.60. The average Bonchev–Trinajstić information content (AvgIpc) is 2.66. The summed E-state index contributed by atoms with van der Waals surface area (Å²) in [4.78, 5) is 33.7. The van der Waals surface area contributed by atoms with Crippen molar-refractivity contribution < 1.29 is 24.4 Å². The first kappa shape index (κ1) is 16.2. The third-order valence-electron chi connectivity index (χ3n) is 3.14. The molecule has 0 amide bonds. The SMILES string of the molecule is CC(OP(N)O)[C@H]1O[C@@H](n2ccc(=O)[nH]c2=O)[C@H](O)[C@@H]1O. The maximum Gasteiger partial charge on any atom is 0.330 e. The van der Waals surface area contributed by atoms with Crippen molar-refractivity contribution in [3.63, 3.8) is 0 Å².